The van der Waals surface area contributed by atoms with Crippen LogP contribution >= 0.6 is 11.6 Å². The maximum Gasteiger partial charge on any atom is 0.271 e. The van der Waals surface area contributed by atoms with Gasteiger partial charge in [0.25, 0.3) is 5.91 Å². The van der Waals surface area contributed by atoms with Crippen molar-refractivity contribution in [3.8, 4) is 5.75 Å². The summed E-state index contributed by atoms with van der Waals surface area (Å²) in [6.45, 7) is 0. The van der Waals surface area contributed by atoms with Crippen LogP contribution in [0.5, 0.6) is 5.75 Å². The molecule has 0 spiro atoms. The third kappa shape index (κ3) is 3.55. The number of hydrazone groups is 1. The molecule has 0 aliphatic carbocycles. The van der Waals surface area contributed by atoms with Crippen LogP contribution in [0.2, 0.25) is 5.02 Å². The average Bonchev–Trinajstić information content (AvgIpc) is 2.41. The number of rotatable bonds is 3. The Hall–Kier alpha value is -2.40. The molecule has 0 atom stereocenters. The highest BCUT2D eigenvalue weighted by atomic mass is 35.5. The number of nitrogens with one attached hydrogen (secondary N) is 1. The summed E-state index contributed by atoms with van der Waals surface area (Å²) in [7, 11) is 0. The molecule has 0 aromatic heterocycles. The van der Waals surface area contributed by atoms with E-state index >= 15 is 0 Å². The van der Waals surface area contributed by atoms with Crippen LogP contribution in [0.1, 0.15) is 15.9 Å². The zero-order valence-corrected chi connectivity index (χ0v) is 10.9. The van der Waals surface area contributed by atoms with E-state index < -0.39 is 11.7 Å². The fraction of sp³-hybridized carbons (Fsp3) is 0. The Morgan fingerprint density at radius 2 is 2.10 bits per heavy atom. The summed E-state index contributed by atoms with van der Waals surface area (Å²) in [4.78, 5) is 11.7. The lowest BCUT2D eigenvalue weighted by Gasteiger charge is -2.01. The second-order valence-corrected chi connectivity index (χ2v) is 4.35. The zero-order chi connectivity index (χ0) is 14.5. The highest BCUT2D eigenvalue weighted by molar-refractivity contribution is 6.30. The number of carbonyl (C=O) groups excluding carboxylic acids is 1. The Morgan fingerprint density at radius 3 is 2.80 bits per heavy atom. The topological polar surface area (TPSA) is 61.7 Å². The van der Waals surface area contributed by atoms with Gasteiger partial charge in [-0.2, -0.15) is 5.10 Å². The number of amides is 1. The van der Waals surface area contributed by atoms with Crippen LogP contribution in [0.25, 0.3) is 0 Å². The number of phenolic OH excluding ortho intramolecular Hbond substituents is 1. The summed E-state index contributed by atoms with van der Waals surface area (Å²) in [5, 5.41) is 13.7. The van der Waals surface area contributed by atoms with Crippen molar-refractivity contribution in [2.75, 3.05) is 0 Å². The molecule has 0 radical (unpaired) electrons. The van der Waals surface area contributed by atoms with Gasteiger partial charge >= 0.3 is 0 Å². The standard InChI is InChI=1S/C14H10ClFN2O2/c15-11-5-4-10(13(19)7-11)8-17-18-14(20)9-2-1-3-12(16)6-9/h1-8,19H,(H,18,20)/b17-8-. The van der Waals surface area contributed by atoms with E-state index in [1.165, 1.54) is 30.5 Å². The molecular weight excluding hydrogens is 283 g/mol. The highest BCUT2D eigenvalue weighted by Crippen LogP contribution is 2.20. The van der Waals surface area contributed by atoms with Gasteiger partial charge in [0, 0.05) is 16.1 Å². The number of nitrogens with zero attached hydrogens (tertiary/aromatic N) is 1. The molecule has 2 rings (SSSR count). The van der Waals surface area contributed by atoms with Gasteiger partial charge in [-0.25, -0.2) is 9.82 Å². The lowest BCUT2D eigenvalue weighted by atomic mass is 10.2. The molecular formula is C14H10ClFN2O2. The molecule has 0 unspecified atom stereocenters. The molecule has 0 bridgehead atoms. The number of carbonyl (C=O) groups is 1. The molecule has 0 saturated heterocycles. The molecule has 0 aliphatic rings. The maximum absolute atomic E-state index is 12.9. The molecule has 0 fully saturated rings. The monoisotopic (exact) mass is 292 g/mol. The number of hydrogen-bond acceptors (Lipinski definition) is 3. The van der Waals surface area contributed by atoms with Crippen molar-refractivity contribution >= 4 is 23.7 Å². The average molecular weight is 293 g/mol. The Morgan fingerprint density at radius 1 is 1.30 bits per heavy atom. The van der Waals surface area contributed by atoms with Crippen LogP contribution in [0.4, 0.5) is 4.39 Å². The summed E-state index contributed by atoms with van der Waals surface area (Å²) >= 11 is 5.69. The van der Waals surface area contributed by atoms with Gasteiger partial charge in [0.15, 0.2) is 0 Å². The minimum atomic E-state index is -0.547. The van der Waals surface area contributed by atoms with Crippen LogP contribution < -0.4 is 5.43 Å². The summed E-state index contributed by atoms with van der Waals surface area (Å²) < 4.78 is 12.9. The normalized spacial score (nSPS) is 10.7. The molecule has 1 amide bonds. The fourth-order valence-corrected chi connectivity index (χ4v) is 1.65. The van der Waals surface area contributed by atoms with Gasteiger partial charge in [-0.3, -0.25) is 4.79 Å². The number of hydrogen-bond donors (Lipinski definition) is 2. The largest absolute Gasteiger partial charge is 0.507 e. The van der Waals surface area contributed by atoms with E-state index in [2.05, 4.69) is 10.5 Å². The second kappa shape index (κ2) is 6.16. The first kappa shape index (κ1) is 14.0. The van der Waals surface area contributed by atoms with Crippen molar-refractivity contribution in [2.24, 2.45) is 5.10 Å². The van der Waals surface area contributed by atoms with Crippen molar-refractivity contribution < 1.29 is 14.3 Å². The summed E-state index contributed by atoms with van der Waals surface area (Å²) in [6.07, 6.45) is 1.27. The van der Waals surface area contributed by atoms with Gasteiger partial charge < -0.3 is 5.11 Å². The smallest absolute Gasteiger partial charge is 0.271 e. The van der Waals surface area contributed by atoms with E-state index in [-0.39, 0.29) is 11.3 Å². The molecule has 6 heteroatoms. The first-order chi connectivity index (χ1) is 9.56. The second-order valence-electron chi connectivity index (χ2n) is 3.91. The molecule has 0 aliphatic heterocycles. The summed E-state index contributed by atoms with van der Waals surface area (Å²) in [5.41, 5.74) is 2.79. The van der Waals surface area contributed by atoms with Gasteiger partial charge in [-0.1, -0.05) is 17.7 Å². The molecule has 2 aromatic rings. The summed E-state index contributed by atoms with van der Waals surface area (Å²) in [6, 6.07) is 9.73. The first-order valence-electron chi connectivity index (χ1n) is 5.64. The van der Waals surface area contributed by atoms with Gasteiger partial charge in [-0.05, 0) is 36.4 Å². The van der Waals surface area contributed by atoms with Crippen molar-refractivity contribution in [1.29, 1.82) is 0 Å². The fourth-order valence-electron chi connectivity index (χ4n) is 1.48. The Balaban J connectivity index is 2.04. The number of benzene rings is 2. The van der Waals surface area contributed by atoms with Crippen molar-refractivity contribution in [3.63, 3.8) is 0 Å². The van der Waals surface area contributed by atoms with Crippen molar-refractivity contribution in [2.45, 2.75) is 0 Å². The molecule has 2 aromatic carbocycles. The molecule has 0 saturated carbocycles. The number of phenols is 1. The van der Waals surface area contributed by atoms with Gasteiger partial charge in [-0.15, -0.1) is 0 Å². The van der Waals surface area contributed by atoms with Crippen molar-refractivity contribution in [3.05, 3.63) is 64.4 Å². The van der Waals surface area contributed by atoms with Crippen LogP contribution in [-0.2, 0) is 0 Å². The quantitative estimate of drug-likeness (QED) is 0.675. The van der Waals surface area contributed by atoms with E-state index in [1.807, 2.05) is 0 Å². The SMILES string of the molecule is O=C(N/N=C\c1ccc(Cl)cc1O)c1cccc(F)c1. The lowest BCUT2D eigenvalue weighted by Crippen LogP contribution is -2.17. The third-order valence-electron chi connectivity index (χ3n) is 2.45. The molecule has 20 heavy (non-hydrogen) atoms. The third-order valence-corrected chi connectivity index (χ3v) is 2.68. The highest BCUT2D eigenvalue weighted by Gasteiger charge is 2.05. The van der Waals surface area contributed by atoms with Crippen LogP contribution in [0.15, 0.2) is 47.6 Å². The Bertz CT molecular complexity index is 674. The van der Waals surface area contributed by atoms with E-state index in [4.69, 9.17) is 11.6 Å². The minimum Gasteiger partial charge on any atom is -0.507 e. The van der Waals surface area contributed by atoms with Gasteiger partial charge in [0.2, 0.25) is 0 Å². The minimum absolute atomic E-state index is 0.0544. The van der Waals surface area contributed by atoms with Gasteiger partial charge in [0.05, 0.1) is 6.21 Å². The van der Waals surface area contributed by atoms with Crippen LogP contribution in [0, 0.1) is 5.82 Å². The summed E-state index contributed by atoms with van der Waals surface area (Å²) in [5.74, 6) is -1.10. The van der Waals surface area contributed by atoms with E-state index in [9.17, 15) is 14.3 Å². The maximum atomic E-state index is 12.9. The molecule has 4 nitrogen and oxygen atoms in total. The van der Waals surface area contributed by atoms with Crippen LogP contribution in [0.3, 0.4) is 0 Å². The molecule has 0 heterocycles. The van der Waals surface area contributed by atoms with Crippen molar-refractivity contribution in [1.82, 2.24) is 5.43 Å². The first-order valence-corrected chi connectivity index (χ1v) is 6.01. The Kier molecular flexibility index (Phi) is 4.32. The Labute approximate surface area is 119 Å². The van der Waals surface area contributed by atoms with Gasteiger partial charge in [0.1, 0.15) is 11.6 Å². The number of aromatic hydroxyl groups is 1. The predicted molar refractivity (Wildman–Crippen MR) is 74.6 cm³/mol. The predicted octanol–water partition coefficient (Wildman–Crippen LogP) is 2.95. The number of halogens is 2. The van der Waals surface area contributed by atoms with E-state index in [0.717, 1.165) is 6.07 Å². The lowest BCUT2D eigenvalue weighted by molar-refractivity contribution is 0.0954. The molecule has 102 valence electrons. The molecule has 2 N–H and O–H groups in total. The van der Waals surface area contributed by atoms with E-state index in [1.54, 1.807) is 12.1 Å². The van der Waals surface area contributed by atoms with Crippen LogP contribution in [-0.4, -0.2) is 17.2 Å². The zero-order valence-electron chi connectivity index (χ0n) is 10.2. The van der Waals surface area contributed by atoms with E-state index in [0.29, 0.717) is 10.6 Å².